The lowest BCUT2D eigenvalue weighted by Crippen LogP contribution is -2.14. The summed E-state index contributed by atoms with van der Waals surface area (Å²) in [6.45, 7) is 1.76. The quantitative estimate of drug-likeness (QED) is 0.831. The summed E-state index contributed by atoms with van der Waals surface area (Å²) in [5.74, 6) is -1.21. The zero-order chi connectivity index (χ0) is 14.9. The molecule has 20 heavy (non-hydrogen) atoms. The largest absolute Gasteiger partial charge is 0.398 e. The van der Waals surface area contributed by atoms with Crippen LogP contribution in [0.1, 0.15) is 16.1 Å². The first-order valence-electron chi connectivity index (χ1n) is 5.56. The predicted octanol–water partition coefficient (Wildman–Crippen LogP) is 3.67. The summed E-state index contributed by atoms with van der Waals surface area (Å²) in [4.78, 5) is 16.0. The van der Waals surface area contributed by atoms with Crippen LogP contribution in [0.3, 0.4) is 0 Å². The Morgan fingerprint density at radius 2 is 1.90 bits per heavy atom. The number of rotatable bonds is 2. The average molecular weight is 314 g/mol. The van der Waals surface area contributed by atoms with E-state index in [9.17, 15) is 9.18 Å². The number of nitrogen functional groups attached to an aromatic ring is 1. The fourth-order valence-corrected chi connectivity index (χ4v) is 2.08. The van der Waals surface area contributed by atoms with E-state index in [-0.39, 0.29) is 21.3 Å². The molecule has 2 rings (SSSR count). The molecule has 0 radical (unpaired) electrons. The molecule has 0 saturated heterocycles. The lowest BCUT2D eigenvalue weighted by atomic mass is 10.2. The Morgan fingerprint density at radius 3 is 2.45 bits per heavy atom. The van der Waals surface area contributed by atoms with Gasteiger partial charge in [-0.1, -0.05) is 23.2 Å². The lowest BCUT2D eigenvalue weighted by molar-refractivity contribution is 0.102. The third kappa shape index (κ3) is 3.00. The first-order valence-corrected chi connectivity index (χ1v) is 6.32. The monoisotopic (exact) mass is 313 g/mol. The molecule has 0 unspecified atom stereocenters. The van der Waals surface area contributed by atoms with Crippen molar-refractivity contribution >= 4 is 40.5 Å². The average Bonchev–Trinajstić information content (AvgIpc) is 2.35. The molecule has 1 aromatic carbocycles. The van der Waals surface area contributed by atoms with E-state index in [1.54, 1.807) is 13.0 Å². The van der Waals surface area contributed by atoms with Gasteiger partial charge in [0, 0.05) is 23.3 Å². The highest BCUT2D eigenvalue weighted by atomic mass is 35.5. The summed E-state index contributed by atoms with van der Waals surface area (Å²) in [7, 11) is 0. The van der Waals surface area contributed by atoms with Crippen molar-refractivity contribution < 1.29 is 9.18 Å². The number of nitrogens with zero attached hydrogens (tertiary/aromatic N) is 1. The van der Waals surface area contributed by atoms with Gasteiger partial charge in [-0.15, -0.1) is 0 Å². The van der Waals surface area contributed by atoms with Crippen LogP contribution in [0.4, 0.5) is 15.8 Å². The molecule has 1 amide bonds. The number of carbonyl (C=O) groups is 1. The second kappa shape index (κ2) is 5.64. The molecular weight excluding hydrogens is 304 g/mol. The Hall–Kier alpha value is -1.85. The smallest absolute Gasteiger partial charge is 0.259 e. The van der Waals surface area contributed by atoms with Crippen LogP contribution in [-0.2, 0) is 0 Å². The first-order chi connectivity index (χ1) is 9.38. The van der Waals surface area contributed by atoms with Gasteiger partial charge in [-0.25, -0.2) is 4.39 Å². The Kier molecular flexibility index (Phi) is 4.11. The van der Waals surface area contributed by atoms with Crippen molar-refractivity contribution in [2.24, 2.45) is 0 Å². The topological polar surface area (TPSA) is 68.0 Å². The molecule has 0 spiro atoms. The van der Waals surface area contributed by atoms with Gasteiger partial charge in [0.05, 0.1) is 15.6 Å². The molecular formula is C13H10Cl2FN3O. The van der Waals surface area contributed by atoms with E-state index in [1.807, 2.05) is 0 Å². The van der Waals surface area contributed by atoms with Crippen LogP contribution in [0.25, 0.3) is 0 Å². The Labute approximate surface area is 124 Å². The number of anilines is 2. The Morgan fingerprint density at radius 1 is 1.30 bits per heavy atom. The van der Waals surface area contributed by atoms with E-state index in [1.165, 1.54) is 18.3 Å². The number of carbonyl (C=O) groups excluding carboxylic acids is 1. The van der Waals surface area contributed by atoms with Gasteiger partial charge < -0.3 is 11.1 Å². The van der Waals surface area contributed by atoms with Gasteiger partial charge in [0.15, 0.2) is 5.82 Å². The highest BCUT2D eigenvalue weighted by Crippen LogP contribution is 2.27. The van der Waals surface area contributed by atoms with Crippen LogP contribution < -0.4 is 11.1 Å². The fourth-order valence-electron chi connectivity index (χ4n) is 1.60. The minimum absolute atomic E-state index is 0.178. The number of halogens is 3. The van der Waals surface area contributed by atoms with E-state index in [4.69, 9.17) is 28.9 Å². The Balaban J connectivity index is 2.28. The molecule has 0 saturated carbocycles. The highest BCUT2D eigenvalue weighted by molar-refractivity contribution is 6.35. The van der Waals surface area contributed by atoms with E-state index in [0.29, 0.717) is 11.4 Å². The molecule has 0 fully saturated rings. The molecule has 7 heteroatoms. The molecule has 0 aliphatic carbocycles. The number of aromatic nitrogens is 1. The van der Waals surface area contributed by atoms with Crippen molar-refractivity contribution in [3.8, 4) is 0 Å². The molecule has 0 atom stereocenters. The van der Waals surface area contributed by atoms with Gasteiger partial charge in [0.25, 0.3) is 5.91 Å². The third-order valence-corrected chi connectivity index (χ3v) is 3.11. The second-order valence-electron chi connectivity index (χ2n) is 4.12. The SMILES string of the molecule is Cc1cc(N)c(C(=O)Nc2cc(Cl)c(F)c(Cl)c2)cn1. The van der Waals surface area contributed by atoms with Crippen LogP contribution in [0.2, 0.25) is 10.0 Å². The molecule has 104 valence electrons. The number of aryl methyl sites for hydroxylation is 1. The molecule has 1 aromatic heterocycles. The normalized spacial score (nSPS) is 10.4. The molecule has 3 N–H and O–H groups in total. The minimum atomic E-state index is -0.733. The van der Waals surface area contributed by atoms with Crippen molar-refractivity contribution in [1.82, 2.24) is 4.98 Å². The van der Waals surface area contributed by atoms with E-state index in [2.05, 4.69) is 10.3 Å². The van der Waals surface area contributed by atoms with E-state index < -0.39 is 11.7 Å². The summed E-state index contributed by atoms with van der Waals surface area (Å²) in [6.07, 6.45) is 1.37. The zero-order valence-corrected chi connectivity index (χ0v) is 11.9. The highest BCUT2D eigenvalue weighted by Gasteiger charge is 2.13. The predicted molar refractivity (Wildman–Crippen MR) is 77.8 cm³/mol. The molecule has 4 nitrogen and oxygen atoms in total. The van der Waals surface area contributed by atoms with Crippen molar-refractivity contribution in [3.05, 3.63) is 51.5 Å². The summed E-state index contributed by atoms with van der Waals surface area (Å²) >= 11 is 11.3. The molecule has 1 heterocycles. The minimum Gasteiger partial charge on any atom is -0.398 e. The number of hydrogen-bond donors (Lipinski definition) is 2. The maximum Gasteiger partial charge on any atom is 0.259 e. The summed E-state index contributed by atoms with van der Waals surface area (Å²) in [5, 5.41) is 2.18. The first kappa shape index (κ1) is 14.6. The fraction of sp³-hybridized carbons (Fsp3) is 0.0769. The molecule has 2 aromatic rings. The van der Waals surface area contributed by atoms with Crippen molar-refractivity contribution in [2.45, 2.75) is 6.92 Å². The van der Waals surface area contributed by atoms with Gasteiger partial charge in [0.2, 0.25) is 0 Å². The number of nitrogens with two attached hydrogens (primary N) is 1. The number of hydrogen-bond acceptors (Lipinski definition) is 3. The maximum absolute atomic E-state index is 13.3. The van der Waals surface area contributed by atoms with E-state index >= 15 is 0 Å². The van der Waals surface area contributed by atoms with E-state index in [0.717, 1.165) is 0 Å². The summed E-state index contributed by atoms with van der Waals surface area (Å²) in [6, 6.07) is 4.11. The van der Waals surface area contributed by atoms with Crippen LogP contribution in [0.5, 0.6) is 0 Å². The standard InChI is InChI=1S/C13H10Cl2FN3O/c1-6-2-11(17)8(5-18-6)13(20)19-7-3-9(14)12(16)10(15)4-7/h2-5H,1H3,(H2,17,18)(H,19,20). The van der Waals surface area contributed by atoms with Crippen LogP contribution in [-0.4, -0.2) is 10.9 Å². The van der Waals surface area contributed by atoms with Gasteiger partial charge >= 0.3 is 0 Å². The lowest BCUT2D eigenvalue weighted by Gasteiger charge is -2.09. The third-order valence-electron chi connectivity index (χ3n) is 2.56. The van der Waals surface area contributed by atoms with Crippen LogP contribution in [0.15, 0.2) is 24.4 Å². The second-order valence-corrected chi connectivity index (χ2v) is 4.94. The number of pyridine rings is 1. The van der Waals surface area contributed by atoms with Crippen molar-refractivity contribution in [1.29, 1.82) is 0 Å². The summed E-state index contributed by atoms with van der Waals surface area (Å²) < 4.78 is 13.3. The van der Waals surface area contributed by atoms with Crippen molar-refractivity contribution in [3.63, 3.8) is 0 Å². The number of nitrogens with one attached hydrogen (secondary N) is 1. The van der Waals surface area contributed by atoms with Gasteiger partial charge in [-0.3, -0.25) is 9.78 Å². The van der Waals surface area contributed by atoms with Crippen molar-refractivity contribution in [2.75, 3.05) is 11.1 Å². The van der Waals surface area contributed by atoms with Gasteiger partial charge in [-0.2, -0.15) is 0 Å². The van der Waals surface area contributed by atoms with Gasteiger partial charge in [-0.05, 0) is 25.1 Å². The number of amides is 1. The number of benzene rings is 1. The van der Waals surface area contributed by atoms with Gasteiger partial charge in [0.1, 0.15) is 0 Å². The molecule has 0 aliphatic rings. The molecule has 0 aliphatic heterocycles. The molecule has 0 bridgehead atoms. The maximum atomic E-state index is 13.3. The summed E-state index contributed by atoms with van der Waals surface area (Å²) in [5.41, 5.74) is 7.23. The van der Waals surface area contributed by atoms with Crippen LogP contribution in [0, 0.1) is 12.7 Å². The van der Waals surface area contributed by atoms with Crippen LogP contribution >= 0.6 is 23.2 Å². The Bertz CT molecular complexity index is 668. The zero-order valence-electron chi connectivity index (χ0n) is 10.4.